The van der Waals surface area contributed by atoms with Crippen LogP contribution in [0.1, 0.15) is 34.9 Å². The Morgan fingerprint density at radius 1 is 0.964 bits per heavy atom. The highest BCUT2D eigenvalue weighted by Gasteiger charge is 2.26. The molecule has 1 N–H and O–H groups in total. The molecule has 144 valence electrons. The van der Waals surface area contributed by atoms with Crippen LogP contribution in [0.2, 0.25) is 0 Å². The van der Waals surface area contributed by atoms with Crippen molar-refractivity contribution in [2.24, 2.45) is 0 Å². The van der Waals surface area contributed by atoms with Crippen LogP contribution in [0, 0.1) is 25.5 Å². The molecule has 0 saturated carbocycles. The normalized spacial score (nSPS) is 18.7. The molecule has 1 heterocycles. The standard InChI is InChI=1S/C23H23F2N3/c1-15-23(16(2)28(27-15)22-11-8-20(25)9-12-22)18-5-10-21(13-18)26-14-17-3-6-19(24)7-4-17/h3-12,18,21,26H,13-14H2,1-2H3/t18-,21-/m1/s1. The molecule has 5 heteroatoms. The van der Waals surface area contributed by atoms with Crippen LogP contribution < -0.4 is 5.32 Å². The van der Waals surface area contributed by atoms with E-state index in [1.165, 1.54) is 29.8 Å². The first-order chi connectivity index (χ1) is 13.5. The molecule has 28 heavy (non-hydrogen) atoms. The molecular weight excluding hydrogens is 356 g/mol. The van der Waals surface area contributed by atoms with Crippen molar-refractivity contribution >= 4 is 0 Å². The first-order valence-electron chi connectivity index (χ1n) is 9.49. The third kappa shape index (κ3) is 3.76. The molecule has 2 atom stereocenters. The van der Waals surface area contributed by atoms with Gasteiger partial charge in [-0.25, -0.2) is 13.5 Å². The summed E-state index contributed by atoms with van der Waals surface area (Å²) >= 11 is 0. The zero-order chi connectivity index (χ0) is 19.7. The molecule has 0 bridgehead atoms. The van der Waals surface area contributed by atoms with Gasteiger partial charge < -0.3 is 5.32 Å². The van der Waals surface area contributed by atoms with E-state index in [9.17, 15) is 8.78 Å². The van der Waals surface area contributed by atoms with Crippen molar-refractivity contribution in [3.05, 3.63) is 94.8 Å². The number of aryl methyl sites for hydroxylation is 1. The smallest absolute Gasteiger partial charge is 0.123 e. The van der Waals surface area contributed by atoms with Crippen molar-refractivity contribution in [3.63, 3.8) is 0 Å². The summed E-state index contributed by atoms with van der Waals surface area (Å²) in [5.41, 5.74) is 5.23. The Hall–Kier alpha value is -2.79. The lowest BCUT2D eigenvalue weighted by Gasteiger charge is -2.15. The number of rotatable bonds is 5. The van der Waals surface area contributed by atoms with Gasteiger partial charge in [0.25, 0.3) is 0 Å². The number of aromatic nitrogens is 2. The van der Waals surface area contributed by atoms with Gasteiger partial charge in [-0.3, -0.25) is 0 Å². The summed E-state index contributed by atoms with van der Waals surface area (Å²) in [7, 11) is 0. The van der Waals surface area contributed by atoms with Crippen molar-refractivity contribution in [3.8, 4) is 5.69 Å². The van der Waals surface area contributed by atoms with Gasteiger partial charge in [0, 0.05) is 29.8 Å². The minimum Gasteiger partial charge on any atom is -0.306 e. The maximum Gasteiger partial charge on any atom is 0.123 e. The molecular formula is C23H23F2N3. The summed E-state index contributed by atoms with van der Waals surface area (Å²) in [4.78, 5) is 0. The van der Waals surface area contributed by atoms with Crippen molar-refractivity contribution < 1.29 is 8.78 Å². The van der Waals surface area contributed by atoms with E-state index in [-0.39, 0.29) is 17.7 Å². The Labute approximate surface area is 163 Å². The van der Waals surface area contributed by atoms with E-state index in [0.29, 0.717) is 12.5 Å². The molecule has 0 unspecified atom stereocenters. The second-order valence-electron chi connectivity index (χ2n) is 7.31. The minimum absolute atomic E-state index is 0.214. The minimum atomic E-state index is -0.251. The Morgan fingerprint density at radius 2 is 1.61 bits per heavy atom. The van der Waals surface area contributed by atoms with Gasteiger partial charge in [-0.05, 0) is 62.2 Å². The SMILES string of the molecule is Cc1nn(-c2ccc(F)cc2)c(C)c1[C@@H]1C=C[C@@H](NCc2ccc(F)cc2)C1. The van der Waals surface area contributed by atoms with Crippen LogP contribution in [0.3, 0.4) is 0 Å². The van der Waals surface area contributed by atoms with Crippen LogP contribution in [0.5, 0.6) is 0 Å². The van der Waals surface area contributed by atoms with Gasteiger partial charge in [0.2, 0.25) is 0 Å². The van der Waals surface area contributed by atoms with Gasteiger partial charge >= 0.3 is 0 Å². The highest BCUT2D eigenvalue weighted by molar-refractivity contribution is 5.41. The topological polar surface area (TPSA) is 29.9 Å². The van der Waals surface area contributed by atoms with Gasteiger partial charge in [0.15, 0.2) is 0 Å². The Bertz CT molecular complexity index is 988. The number of hydrogen-bond donors (Lipinski definition) is 1. The summed E-state index contributed by atoms with van der Waals surface area (Å²) in [5.74, 6) is -0.173. The number of nitrogens with zero attached hydrogens (tertiary/aromatic N) is 2. The van der Waals surface area contributed by atoms with Crippen LogP contribution in [0.15, 0.2) is 60.7 Å². The van der Waals surface area contributed by atoms with Crippen LogP contribution in [0.4, 0.5) is 8.78 Å². The monoisotopic (exact) mass is 379 g/mol. The Balaban J connectivity index is 1.46. The second kappa shape index (κ2) is 7.68. The van der Waals surface area contributed by atoms with E-state index >= 15 is 0 Å². The van der Waals surface area contributed by atoms with Crippen molar-refractivity contribution in [2.45, 2.75) is 38.8 Å². The molecule has 3 nitrogen and oxygen atoms in total. The average molecular weight is 379 g/mol. The molecule has 4 rings (SSSR count). The second-order valence-corrected chi connectivity index (χ2v) is 7.31. The molecule has 0 aliphatic heterocycles. The van der Waals surface area contributed by atoms with E-state index < -0.39 is 0 Å². The predicted octanol–water partition coefficient (Wildman–Crippen LogP) is 4.97. The fourth-order valence-corrected chi connectivity index (χ4v) is 3.94. The summed E-state index contributed by atoms with van der Waals surface area (Å²) in [6.07, 6.45) is 5.38. The predicted molar refractivity (Wildman–Crippen MR) is 107 cm³/mol. The maximum absolute atomic E-state index is 13.2. The zero-order valence-electron chi connectivity index (χ0n) is 16.0. The van der Waals surface area contributed by atoms with Gasteiger partial charge in [-0.1, -0.05) is 24.3 Å². The highest BCUT2D eigenvalue weighted by Crippen LogP contribution is 2.34. The summed E-state index contributed by atoms with van der Waals surface area (Å²) in [6.45, 7) is 4.79. The molecule has 2 aromatic carbocycles. The van der Waals surface area contributed by atoms with E-state index in [0.717, 1.165) is 29.1 Å². The van der Waals surface area contributed by atoms with Gasteiger partial charge in [-0.15, -0.1) is 0 Å². The van der Waals surface area contributed by atoms with Crippen LogP contribution >= 0.6 is 0 Å². The number of benzene rings is 2. The number of halogens is 2. The Kier molecular flexibility index (Phi) is 5.09. The lowest BCUT2D eigenvalue weighted by Crippen LogP contribution is -2.25. The molecule has 3 aromatic rings. The van der Waals surface area contributed by atoms with Gasteiger partial charge in [0.05, 0.1) is 11.4 Å². The lowest BCUT2D eigenvalue weighted by molar-refractivity contribution is 0.558. The van der Waals surface area contributed by atoms with E-state index in [1.54, 1.807) is 24.3 Å². The molecule has 1 aliphatic rings. The average Bonchev–Trinajstić information content (AvgIpc) is 3.26. The Morgan fingerprint density at radius 3 is 2.29 bits per heavy atom. The third-order valence-corrected chi connectivity index (χ3v) is 5.35. The maximum atomic E-state index is 13.2. The molecule has 0 fully saturated rings. The fourth-order valence-electron chi connectivity index (χ4n) is 3.94. The van der Waals surface area contributed by atoms with Gasteiger partial charge in [-0.2, -0.15) is 5.10 Å². The highest BCUT2D eigenvalue weighted by atomic mass is 19.1. The summed E-state index contributed by atoms with van der Waals surface area (Å²) in [6, 6.07) is 13.3. The molecule has 0 amide bonds. The van der Waals surface area contributed by atoms with Crippen LogP contribution in [-0.2, 0) is 6.54 Å². The molecule has 0 spiro atoms. The van der Waals surface area contributed by atoms with E-state index in [1.807, 2.05) is 11.6 Å². The van der Waals surface area contributed by atoms with Crippen molar-refractivity contribution in [1.82, 2.24) is 15.1 Å². The molecule has 1 aliphatic carbocycles. The first kappa shape index (κ1) is 18.6. The lowest BCUT2D eigenvalue weighted by atomic mass is 9.96. The summed E-state index contributed by atoms with van der Waals surface area (Å²) < 4.78 is 28.1. The van der Waals surface area contributed by atoms with Crippen molar-refractivity contribution in [1.29, 1.82) is 0 Å². The quantitative estimate of drug-likeness (QED) is 0.635. The van der Waals surface area contributed by atoms with E-state index in [2.05, 4.69) is 29.5 Å². The van der Waals surface area contributed by atoms with E-state index in [4.69, 9.17) is 0 Å². The van der Waals surface area contributed by atoms with Crippen LogP contribution in [0.25, 0.3) is 5.69 Å². The fraction of sp³-hybridized carbons (Fsp3) is 0.261. The number of hydrogen-bond acceptors (Lipinski definition) is 2. The summed E-state index contributed by atoms with van der Waals surface area (Å²) in [5, 5.41) is 8.21. The first-order valence-corrected chi connectivity index (χ1v) is 9.49. The molecule has 0 saturated heterocycles. The zero-order valence-corrected chi connectivity index (χ0v) is 16.0. The molecule has 0 radical (unpaired) electrons. The van der Waals surface area contributed by atoms with Crippen LogP contribution in [-0.4, -0.2) is 15.8 Å². The van der Waals surface area contributed by atoms with Crippen molar-refractivity contribution in [2.75, 3.05) is 0 Å². The molecule has 1 aromatic heterocycles. The number of allylic oxidation sites excluding steroid dienone is 1. The number of nitrogens with one attached hydrogen (secondary N) is 1. The van der Waals surface area contributed by atoms with Gasteiger partial charge in [0.1, 0.15) is 11.6 Å². The largest absolute Gasteiger partial charge is 0.306 e. The third-order valence-electron chi connectivity index (χ3n) is 5.35.